The zero-order valence-corrected chi connectivity index (χ0v) is 17.8. The Bertz CT molecular complexity index is 1340. The summed E-state index contributed by atoms with van der Waals surface area (Å²) in [5.41, 5.74) is 6.67. The Kier molecular flexibility index (Phi) is 3.82. The average Bonchev–Trinajstić information content (AvgIpc) is 2.78. The van der Waals surface area contributed by atoms with Crippen LogP contribution in [0.3, 0.4) is 0 Å². The van der Waals surface area contributed by atoms with Crippen LogP contribution >= 0.6 is 0 Å². The van der Waals surface area contributed by atoms with Crippen molar-refractivity contribution in [1.29, 1.82) is 0 Å². The SMILES string of the molecule is CC(C)(C)c1ccnc(-c2cccc3c2Oc2cccc4c2B3c2ccccc2O4)c1. The normalized spacial score (nSPS) is 13.5. The van der Waals surface area contributed by atoms with Crippen LogP contribution in [0.2, 0.25) is 0 Å². The van der Waals surface area contributed by atoms with Gasteiger partial charge in [0.05, 0.1) is 5.69 Å². The Morgan fingerprint density at radius 1 is 0.742 bits per heavy atom. The predicted molar refractivity (Wildman–Crippen MR) is 126 cm³/mol. The molecule has 150 valence electrons. The molecule has 0 fully saturated rings. The van der Waals surface area contributed by atoms with Crippen LogP contribution in [-0.2, 0) is 5.41 Å². The monoisotopic (exact) mass is 403 g/mol. The lowest BCUT2D eigenvalue weighted by atomic mass is 9.34. The van der Waals surface area contributed by atoms with Crippen molar-refractivity contribution in [2.75, 3.05) is 0 Å². The van der Waals surface area contributed by atoms with Crippen LogP contribution in [-0.4, -0.2) is 11.7 Å². The third-order valence-electron chi connectivity index (χ3n) is 6.24. The van der Waals surface area contributed by atoms with Gasteiger partial charge in [-0.05, 0) is 58.3 Å². The fraction of sp³-hybridized carbons (Fsp3) is 0.148. The maximum atomic E-state index is 6.53. The van der Waals surface area contributed by atoms with Crippen LogP contribution in [0.15, 0.2) is 79.0 Å². The predicted octanol–water partition coefficient (Wildman–Crippen LogP) is 4.77. The maximum Gasteiger partial charge on any atom is 0.260 e. The molecule has 0 unspecified atom stereocenters. The topological polar surface area (TPSA) is 31.4 Å². The van der Waals surface area contributed by atoms with E-state index >= 15 is 0 Å². The van der Waals surface area contributed by atoms with Crippen molar-refractivity contribution in [3.8, 4) is 34.3 Å². The molecule has 0 atom stereocenters. The molecule has 0 amide bonds. The molecule has 31 heavy (non-hydrogen) atoms. The van der Waals surface area contributed by atoms with Crippen molar-refractivity contribution >= 4 is 23.1 Å². The van der Waals surface area contributed by atoms with Crippen molar-refractivity contribution in [3.63, 3.8) is 0 Å². The summed E-state index contributed by atoms with van der Waals surface area (Å²) in [6.45, 7) is 6.74. The first-order chi connectivity index (χ1) is 15.0. The first-order valence-corrected chi connectivity index (χ1v) is 10.7. The van der Waals surface area contributed by atoms with E-state index in [9.17, 15) is 0 Å². The second-order valence-corrected chi connectivity index (χ2v) is 9.25. The lowest BCUT2D eigenvalue weighted by Gasteiger charge is -2.33. The Hall–Kier alpha value is -3.53. The van der Waals surface area contributed by atoms with Crippen molar-refractivity contribution in [3.05, 3.63) is 84.6 Å². The summed E-state index contributed by atoms with van der Waals surface area (Å²) in [4.78, 5) is 4.71. The van der Waals surface area contributed by atoms with Crippen LogP contribution in [0.25, 0.3) is 11.3 Å². The molecule has 3 nitrogen and oxygen atoms in total. The number of hydrogen-bond donors (Lipinski definition) is 0. The van der Waals surface area contributed by atoms with Gasteiger partial charge < -0.3 is 9.47 Å². The third kappa shape index (κ3) is 2.78. The maximum absolute atomic E-state index is 6.53. The van der Waals surface area contributed by atoms with Gasteiger partial charge in [-0.3, -0.25) is 4.98 Å². The summed E-state index contributed by atoms with van der Waals surface area (Å²) in [6, 6.07) is 25.0. The number of nitrogens with zero attached hydrogens (tertiary/aromatic N) is 1. The van der Waals surface area contributed by atoms with Gasteiger partial charge in [-0.2, -0.15) is 0 Å². The second kappa shape index (κ2) is 6.48. The highest BCUT2D eigenvalue weighted by molar-refractivity contribution is 6.98. The Labute approximate surface area is 182 Å². The largest absolute Gasteiger partial charge is 0.458 e. The van der Waals surface area contributed by atoms with Gasteiger partial charge in [0, 0.05) is 17.2 Å². The zero-order chi connectivity index (χ0) is 21.2. The van der Waals surface area contributed by atoms with Gasteiger partial charge in [0.1, 0.15) is 23.0 Å². The van der Waals surface area contributed by atoms with E-state index in [1.807, 2.05) is 36.5 Å². The van der Waals surface area contributed by atoms with E-state index in [1.165, 1.54) is 11.0 Å². The molecule has 0 saturated carbocycles. The number of hydrogen-bond acceptors (Lipinski definition) is 3. The highest BCUT2D eigenvalue weighted by Gasteiger charge is 2.40. The summed E-state index contributed by atoms with van der Waals surface area (Å²) in [5.74, 6) is 3.50. The lowest BCUT2D eigenvalue weighted by Crippen LogP contribution is -2.57. The van der Waals surface area contributed by atoms with E-state index in [4.69, 9.17) is 14.5 Å². The standard InChI is InChI=1S/C27H22BNO2/c1-27(2,3)17-14-15-29-21(16-17)18-8-6-10-20-26(18)31-24-13-7-12-23-25(24)28(20)19-9-4-5-11-22(19)30-23/h4-16H,1-3H3. The first-order valence-electron chi connectivity index (χ1n) is 10.7. The van der Waals surface area contributed by atoms with Gasteiger partial charge in [-0.15, -0.1) is 0 Å². The Balaban J connectivity index is 1.59. The zero-order valence-electron chi connectivity index (χ0n) is 17.8. The minimum atomic E-state index is 0.0501. The van der Waals surface area contributed by atoms with Crippen LogP contribution in [0, 0.1) is 0 Å². The van der Waals surface area contributed by atoms with Crippen molar-refractivity contribution < 1.29 is 9.47 Å². The molecule has 1 aromatic heterocycles. The summed E-state index contributed by atoms with van der Waals surface area (Å²) in [6.07, 6.45) is 1.90. The van der Waals surface area contributed by atoms with Crippen molar-refractivity contribution in [2.24, 2.45) is 0 Å². The number of aromatic nitrogens is 1. The van der Waals surface area contributed by atoms with E-state index in [2.05, 4.69) is 63.2 Å². The number of ether oxygens (including phenoxy) is 2. The first kappa shape index (κ1) is 18.3. The summed E-state index contributed by atoms with van der Waals surface area (Å²) in [7, 11) is 0. The number of benzene rings is 3. The molecule has 0 saturated heterocycles. The Morgan fingerprint density at radius 3 is 2.29 bits per heavy atom. The number of fused-ring (bicyclic) bond motifs is 4. The van der Waals surface area contributed by atoms with Crippen LogP contribution in [0.1, 0.15) is 26.3 Å². The molecule has 0 aliphatic carbocycles. The molecule has 3 heterocycles. The van der Waals surface area contributed by atoms with Crippen molar-refractivity contribution in [1.82, 2.24) is 4.98 Å². The molecular weight excluding hydrogens is 381 g/mol. The number of para-hydroxylation sites is 2. The van der Waals surface area contributed by atoms with Gasteiger partial charge in [-0.25, -0.2) is 0 Å². The van der Waals surface area contributed by atoms with E-state index in [-0.39, 0.29) is 12.1 Å². The van der Waals surface area contributed by atoms with E-state index < -0.39 is 0 Å². The average molecular weight is 403 g/mol. The molecule has 3 aromatic carbocycles. The highest BCUT2D eigenvalue weighted by atomic mass is 16.5. The van der Waals surface area contributed by atoms with Crippen LogP contribution in [0.5, 0.6) is 23.0 Å². The smallest absolute Gasteiger partial charge is 0.260 e. The van der Waals surface area contributed by atoms with Crippen LogP contribution in [0.4, 0.5) is 0 Å². The number of pyridine rings is 1. The quantitative estimate of drug-likeness (QED) is 0.371. The molecule has 0 N–H and O–H groups in total. The molecule has 4 heteroatoms. The van der Waals surface area contributed by atoms with E-state index in [0.717, 1.165) is 45.2 Å². The molecule has 0 radical (unpaired) electrons. The molecule has 2 aliphatic heterocycles. The lowest BCUT2D eigenvalue weighted by molar-refractivity contribution is 0.465. The fourth-order valence-electron chi connectivity index (χ4n) is 4.65. The molecule has 2 aliphatic rings. The van der Waals surface area contributed by atoms with E-state index in [0.29, 0.717) is 0 Å². The molecular formula is C27H22BNO2. The summed E-state index contributed by atoms with van der Waals surface area (Å²) >= 11 is 0. The van der Waals surface area contributed by atoms with Crippen molar-refractivity contribution in [2.45, 2.75) is 26.2 Å². The minimum Gasteiger partial charge on any atom is -0.458 e. The molecule has 4 aromatic rings. The van der Waals surface area contributed by atoms with Gasteiger partial charge in [-0.1, -0.05) is 57.2 Å². The Morgan fingerprint density at radius 2 is 1.45 bits per heavy atom. The van der Waals surface area contributed by atoms with Crippen LogP contribution < -0.4 is 25.9 Å². The minimum absolute atomic E-state index is 0.0501. The summed E-state index contributed by atoms with van der Waals surface area (Å²) < 4.78 is 12.7. The van der Waals surface area contributed by atoms with Gasteiger partial charge in [0.2, 0.25) is 0 Å². The summed E-state index contributed by atoms with van der Waals surface area (Å²) in [5, 5.41) is 0. The number of rotatable bonds is 1. The van der Waals surface area contributed by atoms with Gasteiger partial charge in [0.25, 0.3) is 6.71 Å². The fourth-order valence-corrected chi connectivity index (χ4v) is 4.65. The third-order valence-corrected chi connectivity index (χ3v) is 6.24. The highest BCUT2D eigenvalue weighted by Crippen LogP contribution is 2.38. The molecule has 0 bridgehead atoms. The van der Waals surface area contributed by atoms with Gasteiger partial charge in [0.15, 0.2) is 0 Å². The van der Waals surface area contributed by atoms with Gasteiger partial charge >= 0.3 is 0 Å². The molecule has 0 spiro atoms. The molecule has 6 rings (SSSR count). The second-order valence-electron chi connectivity index (χ2n) is 9.25. The van der Waals surface area contributed by atoms with E-state index in [1.54, 1.807) is 0 Å².